The van der Waals surface area contributed by atoms with Crippen LogP contribution in [-0.4, -0.2) is 0 Å². The van der Waals surface area contributed by atoms with Crippen LogP contribution in [0.3, 0.4) is 0 Å². The molecule has 0 nitrogen and oxygen atoms in total. The SMILES string of the molecule is C.C.CC.Cl.Cl.Cl. The molecule has 0 bridgehead atoms. The van der Waals surface area contributed by atoms with Crippen molar-refractivity contribution in [3.05, 3.63) is 0 Å². The molecule has 0 aliphatic heterocycles. The first kappa shape index (κ1) is 106. The lowest BCUT2D eigenvalue weighted by atomic mass is 11.0. The third-order valence-electron chi connectivity index (χ3n) is 0. The lowest BCUT2D eigenvalue weighted by Gasteiger charge is -1.07. The van der Waals surface area contributed by atoms with Gasteiger partial charge in [0.15, 0.2) is 0 Å². The van der Waals surface area contributed by atoms with Gasteiger partial charge in [-0.25, -0.2) is 0 Å². The van der Waals surface area contributed by atoms with Crippen molar-refractivity contribution in [2.75, 3.05) is 0 Å². The Morgan fingerprint density at radius 2 is 0.571 bits per heavy atom. The second kappa shape index (κ2) is 313. The maximum absolute atomic E-state index is 2.00. The Hall–Kier alpha value is 0.870. The fourth-order valence-electron chi connectivity index (χ4n) is 0. The van der Waals surface area contributed by atoms with E-state index in [2.05, 4.69) is 0 Å². The Kier molecular flexibility index (Phi) is 4750. The summed E-state index contributed by atoms with van der Waals surface area (Å²) in [5.74, 6) is 0. The van der Waals surface area contributed by atoms with E-state index >= 15 is 0 Å². The molecule has 0 spiro atoms. The quantitative estimate of drug-likeness (QED) is 0.523. The summed E-state index contributed by atoms with van der Waals surface area (Å²) < 4.78 is 0. The molecule has 0 aliphatic rings. The first-order valence-electron chi connectivity index (χ1n) is 1.00. The van der Waals surface area contributed by atoms with E-state index in [0.717, 1.165) is 0 Å². The van der Waals surface area contributed by atoms with E-state index in [4.69, 9.17) is 0 Å². The van der Waals surface area contributed by atoms with Gasteiger partial charge in [0.05, 0.1) is 0 Å². The van der Waals surface area contributed by atoms with E-state index in [-0.39, 0.29) is 52.1 Å². The fourth-order valence-corrected chi connectivity index (χ4v) is 0. The molecule has 0 saturated heterocycles. The molecule has 3 heteroatoms. The summed E-state index contributed by atoms with van der Waals surface area (Å²) in [5.41, 5.74) is 0. The zero-order chi connectivity index (χ0) is 2.00. The van der Waals surface area contributed by atoms with Crippen LogP contribution in [0.2, 0.25) is 0 Å². The molecule has 0 saturated carbocycles. The molecule has 0 unspecified atom stereocenters. The van der Waals surface area contributed by atoms with Gasteiger partial charge in [0.1, 0.15) is 0 Å². The van der Waals surface area contributed by atoms with Crippen LogP contribution in [0.1, 0.15) is 28.7 Å². The maximum atomic E-state index is 2.00. The Bertz CT molecular complexity index is 6.90. The van der Waals surface area contributed by atoms with E-state index in [9.17, 15) is 0 Å². The summed E-state index contributed by atoms with van der Waals surface area (Å²) in [4.78, 5) is 0. The minimum absolute atomic E-state index is 0. The smallest absolute Gasteiger partial charge is 0.0683 e. The van der Waals surface area contributed by atoms with E-state index in [1.165, 1.54) is 0 Å². The maximum Gasteiger partial charge on any atom is -0.0683 e. The molecule has 0 amide bonds. The minimum atomic E-state index is 0. The Labute approximate surface area is 66.3 Å². The van der Waals surface area contributed by atoms with Gasteiger partial charge in [-0.15, -0.1) is 37.2 Å². The van der Waals surface area contributed by atoms with Crippen molar-refractivity contribution in [1.29, 1.82) is 0 Å². The largest absolute Gasteiger partial charge is 0.147 e. The Balaban J connectivity index is -0.000000000500. The highest BCUT2D eigenvalue weighted by Crippen LogP contribution is 1.14. The fraction of sp³-hybridized carbons (Fsp3) is 1.00. The van der Waals surface area contributed by atoms with Gasteiger partial charge in [-0.1, -0.05) is 28.7 Å². The molecule has 0 heterocycles. The average molecular weight is 172 g/mol. The summed E-state index contributed by atoms with van der Waals surface area (Å²) in [5, 5.41) is 0. The standard InChI is InChI=1S/C2H6.2CH4.3ClH/c1-2;;;;;/h1-2H3;2*1H4;3*1H. The monoisotopic (exact) mass is 170 g/mol. The lowest BCUT2D eigenvalue weighted by Crippen LogP contribution is -0.856. The third kappa shape index (κ3) is 215. The highest BCUT2D eigenvalue weighted by molar-refractivity contribution is 5.86. The van der Waals surface area contributed by atoms with Gasteiger partial charge in [0.25, 0.3) is 0 Å². The first-order valence-corrected chi connectivity index (χ1v) is 1.00. The van der Waals surface area contributed by atoms with Gasteiger partial charge in [-0.2, -0.15) is 0 Å². The molecule has 0 radical (unpaired) electrons. The first-order chi connectivity index (χ1) is 1.00. The van der Waals surface area contributed by atoms with Crippen LogP contribution in [0.25, 0.3) is 0 Å². The van der Waals surface area contributed by atoms with Gasteiger partial charge in [0, 0.05) is 0 Å². The molecule has 0 aromatic rings. The Morgan fingerprint density at radius 3 is 0.571 bits per heavy atom. The van der Waals surface area contributed by atoms with Gasteiger partial charge in [-0.05, 0) is 0 Å². The normalized spacial score (nSPS) is 0.857. The third-order valence-corrected chi connectivity index (χ3v) is 0. The van der Waals surface area contributed by atoms with Crippen molar-refractivity contribution in [3.63, 3.8) is 0 Å². The van der Waals surface area contributed by atoms with Crippen molar-refractivity contribution in [2.24, 2.45) is 0 Å². The second-order valence-corrected chi connectivity index (χ2v) is 0. The number of hydrogen-bond donors (Lipinski definition) is 0. The Morgan fingerprint density at radius 1 is 0.571 bits per heavy atom. The molecule has 0 atom stereocenters. The topological polar surface area (TPSA) is 0 Å². The van der Waals surface area contributed by atoms with Gasteiger partial charge < -0.3 is 0 Å². The molecule has 0 fully saturated rings. The predicted molar refractivity (Wildman–Crippen MR) is 46.6 cm³/mol. The van der Waals surface area contributed by atoms with E-state index in [1.807, 2.05) is 13.8 Å². The molecule has 54 valence electrons. The van der Waals surface area contributed by atoms with Crippen LogP contribution in [0.5, 0.6) is 0 Å². The zero-order valence-corrected chi connectivity index (χ0v) is 5.67. The number of halogens is 3. The lowest BCUT2D eigenvalue weighted by molar-refractivity contribution is 1.50. The van der Waals surface area contributed by atoms with Crippen molar-refractivity contribution in [3.8, 4) is 0 Å². The molecular weight excluding hydrogens is 154 g/mol. The number of hydrogen-bond acceptors (Lipinski definition) is 0. The van der Waals surface area contributed by atoms with E-state index in [0.29, 0.717) is 0 Å². The number of rotatable bonds is 0. The van der Waals surface area contributed by atoms with Crippen LogP contribution < -0.4 is 0 Å². The summed E-state index contributed by atoms with van der Waals surface area (Å²) >= 11 is 0. The van der Waals surface area contributed by atoms with E-state index in [1.54, 1.807) is 0 Å². The summed E-state index contributed by atoms with van der Waals surface area (Å²) in [6, 6.07) is 0. The molecule has 0 aliphatic carbocycles. The predicted octanol–water partition coefficient (Wildman–Crippen LogP) is 3.56. The highest BCUT2D eigenvalue weighted by Gasteiger charge is 0.932. The minimum Gasteiger partial charge on any atom is -0.147 e. The van der Waals surface area contributed by atoms with E-state index < -0.39 is 0 Å². The van der Waals surface area contributed by atoms with Crippen LogP contribution in [0, 0.1) is 0 Å². The molecule has 0 aromatic heterocycles. The zero-order valence-electron chi connectivity index (χ0n) is 3.22. The highest BCUT2D eigenvalue weighted by atomic mass is 35.5. The molecule has 0 aromatic carbocycles. The molecular formula is C4H17Cl3. The second-order valence-electron chi connectivity index (χ2n) is 0. The summed E-state index contributed by atoms with van der Waals surface area (Å²) in [6.45, 7) is 4.00. The summed E-state index contributed by atoms with van der Waals surface area (Å²) in [7, 11) is 0. The van der Waals surface area contributed by atoms with Crippen molar-refractivity contribution in [1.82, 2.24) is 0 Å². The van der Waals surface area contributed by atoms with Crippen molar-refractivity contribution < 1.29 is 0 Å². The van der Waals surface area contributed by atoms with Crippen molar-refractivity contribution in [2.45, 2.75) is 28.7 Å². The van der Waals surface area contributed by atoms with Crippen molar-refractivity contribution >= 4 is 37.2 Å². The van der Waals surface area contributed by atoms with Crippen LogP contribution in [0.15, 0.2) is 0 Å². The summed E-state index contributed by atoms with van der Waals surface area (Å²) in [6.07, 6.45) is 0. The van der Waals surface area contributed by atoms with Gasteiger partial charge in [-0.3, -0.25) is 0 Å². The molecule has 7 heavy (non-hydrogen) atoms. The van der Waals surface area contributed by atoms with Crippen LogP contribution >= 0.6 is 37.2 Å². The average Bonchev–Trinajstić information content (AvgIpc) is 1.00. The molecule has 0 rings (SSSR count). The van der Waals surface area contributed by atoms with Crippen LogP contribution in [-0.2, 0) is 0 Å². The molecule has 0 N–H and O–H groups in total. The van der Waals surface area contributed by atoms with Gasteiger partial charge >= 0.3 is 0 Å². The van der Waals surface area contributed by atoms with Gasteiger partial charge in [0.2, 0.25) is 0 Å². The van der Waals surface area contributed by atoms with Crippen LogP contribution in [0.4, 0.5) is 0 Å².